The lowest BCUT2D eigenvalue weighted by Crippen LogP contribution is -2.27. The largest absolute Gasteiger partial charge is 0.321 e. The zero-order valence-corrected chi connectivity index (χ0v) is 21.4. The summed E-state index contributed by atoms with van der Waals surface area (Å²) in [4.78, 5) is 30.3. The number of benzene rings is 4. The lowest BCUT2D eigenvalue weighted by molar-refractivity contribution is 0.0711. The maximum absolute atomic E-state index is 13.6. The number of fused-ring (bicyclic) bond motifs is 1. The first-order chi connectivity index (χ1) is 18.1. The Morgan fingerprint density at radius 3 is 2.19 bits per heavy atom. The van der Waals surface area contributed by atoms with Gasteiger partial charge in [-0.2, -0.15) is 5.10 Å². The highest BCUT2D eigenvalue weighted by atomic mass is 79.9. The standard InChI is InChI=1S/C31H22BrN3O2/c32-23-16-17-25-24(18-23)28(21-12-6-2-7-13-21)29(30(36)33-25)26-19-27(20-10-4-1-5-11-20)35(34-26)31(37)22-14-8-3-9-15-22/h1-18,27H,19H2,(H,33,36)/t27-/m0/s1. The quantitative estimate of drug-likeness (QED) is 0.264. The smallest absolute Gasteiger partial charge is 0.274 e. The van der Waals surface area contributed by atoms with Crippen LogP contribution in [0, 0.1) is 0 Å². The van der Waals surface area contributed by atoms with Gasteiger partial charge in [-0.15, -0.1) is 0 Å². The fraction of sp³-hybridized carbons (Fsp3) is 0.0645. The molecule has 0 radical (unpaired) electrons. The second-order valence-corrected chi connectivity index (χ2v) is 9.87. The van der Waals surface area contributed by atoms with Crippen LogP contribution in [0.2, 0.25) is 0 Å². The maximum atomic E-state index is 13.6. The van der Waals surface area contributed by atoms with Crippen LogP contribution in [0.25, 0.3) is 22.0 Å². The molecule has 0 fully saturated rings. The molecule has 1 N–H and O–H groups in total. The Hall–Kier alpha value is -4.29. The second-order valence-electron chi connectivity index (χ2n) is 8.95. The van der Waals surface area contributed by atoms with Crippen molar-refractivity contribution in [1.29, 1.82) is 0 Å². The molecule has 6 rings (SSSR count). The lowest BCUT2D eigenvalue weighted by atomic mass is 9.91. The number of hydrogen-bond donors (Lipinski definition) is 1. The first-order valence-corrected chi connectivity index (χ1v) is 12.8. The molecule has 180 valence electrons. The molecule has 1 aliphatic heterocycles. The van der Waals surface area contributed by atoms with Gasteiger partial charge in [-0.25, -0.2) is 5.01 Å². The van der Waals surface area contributed by atoms with Crippen LogP contribution in [-0.4, -0.2) is 21.6 Å². The number of aromatic amines is 1. The van der Waals surface area contributed by atoms with Crippen LogP contribution in [0.5, 0.6) is 0 Å². The molecule has 4 aromatic carbocycles. The Labute approximate surface area is 222 Å². The third-order valence-electron chi connectivity index (χ3n) is 6.65. The minimum Gasteiger partial charge on any atom is -0.321 e. The predicted molar refractivity (Wildman–Crippen MR) is 151 cm³/mol. The second kappa shape index (κ2) is 9.64. The van der Waals surface area contributed by atoms with Crippen molar-refractivity contribution in [3.8, 4) is 11.1 Å². The molecule has 5 aromatic rings. The Kier molecular flexibility index (Phi) is 6.02. The molecular weight excluding hydrogens is 526 g/mol. The summed E-state index contributed by atoms with van der Waals surface area (Å²) in [6.07, 6.45) is 0.422. The van der Waals surface area contributed by atoms with Gasteiger partial charge in [0.15, 0.2) is 0 Å². The predicted octanol–water partition coefficient (Wildman–Crippen LogP) is 6.95. The van der Waals surface area contributed by atoms with Gasteiger partial charge in [-0.3, -0.25) is 9.59 Å². The van der Waals surface area contributed by atoms with E-state index in [0.717, 1.165) is 32.1 Å². The van der Waals surface area contributed by atoms with Crippen molar-refractivity contribution < 1.29 is 4.79 Å². The van der Waals surface area contributed by atoms with E-state index < -0.39 is 0 Å². The van der Waals surface area contributed by atoms with Crippen molar-refractivity contribution in [2.45, 2.75) is 12.5 Å². The number of carbonyl (C=O) groups excluding carboxylic acids is 1. The van der Waals surface area contributed by atoms with Gasteiger partial charge < -0.3 is 4.98 Å². The number of amides is 1. The highest BCUT2D eigenvalue weighted by molar-refractivity contribution is 9.10. The number of nitrogens with zero attached hydrogens (tertiary/aromatic N) is 2. The normalized spacial score (nSPS) is 15.1. The Morgan fingerprint density at radius 2 is 1.49 bits per heavy atom. The van der Waals surface area contributed by atoms with Crippen LogP contribution >= 0.6 is 15.9 Å². The van der Waals surface area contributed by atoms with Gasteiger partial charge in [0.2, 0.25) is 0 Å². The van der Waals surface area contributed by atoms with E-state index >= 15 is 0 Å². The molecule has 6 heteroatoms. The molecule has 1 aliphatic rings. The number of hydrazone groups is 1. The molecule has 1 atom stereocenters. The van der Waals surface area contributed by atoms with Crippen LogP contribution in [0.1, 0.15) is 33.9 Å². The Bertz CT molecular complexity index is 1700. The fourth-order valence-electron chi connectivity index (χ4n) is 4.94. The van der Waals surface area contributed by atoms with Gasteiger partial charge in [-0.05, 0) is 41.5 Å². The van der Waals surface area contributed by atoms with E-state index in [1.807, 2.05) is 97.1 Å². The summed E-state index contributed by atoms with van der Waals surface area (Å²) in [6, 6.07) is 34.3. The summed E-state index contributed by atoms with van der Waals surface area (Å²) >= 11 is 3.59. The lowest BCUT2D eigenvalue weighted by Gasteiger charge is -2.22. The number of aromatic nitrogens is 1. The van der Waals surface area contributed by atoms with E-state index in [0.29, 0.717) is 23.3 Å². The number of hydrogen-bond acceptors (Lipinski definition) is 3. The average molecular weight is 548 g/mol. The van der Waals surface area contributed by atoms with Gasteiger partial charge in [0, 0.05) is 32.9 Å². The number of pyridine rings is 1. The van der Waals surface area contributed by atoms with Crippen LogP contribution < -0.4 is 5.56 Å². The van der Waals surface area contributed by atoms with Crippen molar-refractivity contribution in [3.63, 3.8) is 0 Å². The molecule has 2 heterocycles. The maximum Gasteiger partial charge on any atom is 0.274 e. The first kappa shape index (κ1) is 23.1. The molecule has 37 heavy (non-hydrogen) atoms. The van der Waals surface area contributed by atoms with Crippen molar-refractivity contribution in [3.05, 3.63) is 141 Å². The highest BCUT2D eigenvalue weighted by Gasteiger charge is 2.35. The topological polar surface area (TPSA) is 65.5 Å². The van der Waals surface area contributed by atoms with Crippen molar-refractivity contribution in [1.82, 2.24) is 9.99 Å². The fourth-order valence-corrected chi connectivity index (χ4v) is 5.30. The van der Waals surface area contributed by atoms with Gasteiger partial charge in [0.1, 0.15) is 0 Å². The summed E-state index contributed by atoms with van der Waals surface area (Å²) in [5.74, 6) is -0.203. The zero-order valence-electron chi connectivity index (χ0n) is 19.8. The van der Waals surface area contributed by atoms with Crippen LogP contribution in [0.4, 0.5) is 0 Å². The van der Waals surface area contributed by atoms with Crippen LogP contribution in [0.15, 0.2) is 124 Å². The average Bonchev–Trinajstić information content (AvgIpc) is 3.38. The van der Waals surface area contributed by atoms with Crippen molar-refractivity contribution in [2.24, 2.45) is 5.10 Å². The minimum absolute atomic E-state index is 0.203. The first-order valence-electron chi connectivity index (χ1n) is 12.0. The summed E-state index contributed by atoms with van der Waals surface area (Å²) in [7, 11) is 0. The molecule has 1 aromatic heterocycles. The molecular formula is C31H22BrN3O2. The third-order valence-corrected chi connectivity index (χ3v) is 7.14. The molecule has 0 bridgehead atoms. The summed E-state index contributed by atoms with van der Waals surface area (Å²) in [5.41, 5.74) is 4.82. The minimum atomic E-state index is -0.329. The SMILES string of the molecule is O=C(c1ccccc1)N1N=C(c2c(-c3ccccc3)c3cc(Br)ccc3[nH]c2=O)C[C@H]1c1ccccc1. The Morgan fingerprint density at radius 1 is 0.838 bits per heavy atom. The molecule has 0 unspecified atom stereocenters. The third kappa shape index (κ3) is 4.30. The number of H-pyrrole nitrogens is 1. The summed E-state index contributed by atoms with van der Waals surface area (Å²) in [5, 5.41) is 7.27. The van der Waals surface area contributed by atoms with E-state index in [9.17, 15) is 9.59 Å². The summed E-state index contributed by atoms with van der Waals surface area (Å²) in [6.45, 7) is 0. The van der Waals surface area contributed by atoms with Gasteiger partial charge in [0.05, 0.1) is 17.3 Å². The van der Waals surface area contributed by atoms with Crippen LogP contribution in [-0.2, 0) is 0 Å². The monoisotopic (exact) mass is 547 g/mol. The zero-order chi connectivity index (χ0) is 25.4. The van der Waals surface area contributed by atoms with E-state index in [1.54, 1.807) is 12.1 Å². The molecule has 0 saturated heterocycles. The van der Waals surface area contributed by atoms with Gasteiger partial charge >= 0.3 is 0 Å². The molecule has 1 amide bonds. The summed E-state index contributed by atoms with van der Waals surface area (Å²) < 4.78 is 0.909. The van der Waals surface area contributed by atoms with E-state index in [2.05, 4.69) is 20.9 Å². The van der Waals surface area contributed by atoms with Crippen LogP contribution in [0.3, 0.4) is 0 Å². The van der Waals surface area contributed by atoms with E-state index in [-0.39, 0.29) is 17.5 Å². The van der Waals surface area contributed by atoms with Gasteiger partial charge in [0.25, 0.3) is 11.5 Å². The molecule has 0 spiro atoms. The number of rotatable bonds is 4. The van der Waals surface area contributed by atoms with E-state index in [4.69, 9.17) is 5.10 Å². The molecule has 0 saturated carbocycles. The number of carbonyl (C=O) groups is 1. The number of nitrogens with one attached hydrogen (secondary N) is 1. The van der Waals surface area contributed by atoms with Gasteiger partial charge in [-0.1, -0.05) is 94.8 Å². The highest BCUT2D eigenvalue weighted by Crippen LogP contribution is 2.38. The number of halogens is 1. The van der Waals surface area contributed by atoms with Crippen molar-refractivity contribution in [2.75, 3.05) is 0 Å². The molecule has 0 aliphatic carbocycles. The van der Waals surface area contributed by atoms with Crippen molar-refractivity contribution >= 4 is 38.5 Å². The Balaban J connectivity index is 1.58. The van der Waals surface area contributed by atoms with E-state index in [1.165, 1.54) is 5.01 Å². The molecule has 5 nitrogen and oxygen atoms in total.